The normalized spacial score (nSPS) is 16.7. The first-order chi connectivity index (χ1) is 12.5. The Hall–Kier alpha value is -2.19. The third-order valence-electron chi connectivity index (χ3n) is 4.89. The van der Waals surface area contributed by atoms with Crippen molar-refractivity contribution in [2.45, 2.75) is 37.1 Å². The van der Waals surface area contributed by atoms with Gasteiger partial charge < -0.3 is 9.47 Å². The number of imidazole rings is 1. The standard InChI is InChI=1S/C18H22N4O3S/c23-18(14-2-3-14)22-10-6-15-12-16(4-5-17(15)22)26(24,25)20-7-1-9-21-11-8-19-13-21/h4-5,8,11-14,20H,1-3,6-7,9-10H2. The minimum absolute atomic E-state index is 0.168. The number of carbonyl (C=O) groups is 1. The number of aryl methyl sites for hydroxylation is 1. The molecule has 0 saturated heterocycles. The van der Waals surface area contributed by atoms with Gasteiger partial charge in [-0.25, -0.2) is 18.1 Å². The van der Waals surface area contributed by atoms with Crippen molar-refractivity contribution >= 4 is 21.6 Å². The van der Waals surface area contributed by atoms with E-state index in [1.54, 1.807) is 30.7 Å². The van der Waals surface area contributed by atoms with Gasteiger partial charge in [-0.05, 0) is 49.4 Å². The van der Waals surface area contributed by atoms with Crippen LogP contribution in [0.5, 0.6) is 0 Å². The molecule has 1 aromatic heterocycles. The quantitative estimate of drug-likeness (QED) is 0.745. The second kappa shape index (κ2) is 6.85. The zero-order chi connectivity index (χ0) is 18.1. The molecule has 1 aromatic carbocycles. The molecule has 26 heavy (non-hydrogen) atoms. The minimum atomic E-state index is -3.54. The summed E-state index contributed by atoms with van der Waals surface area (Å²) in [5, 5.41) is 0. The van der Waals surface area contributed by atoms with Crippen molar-refractivity contribution in [3.63, 3.8) is 0 Å². The van der Waals surface area contributed by atoms with Crippen molar-refractivity contribution in [3.8, 4) is 0 Å². The van der Waals surface area contributed by atoms with Crippen LogP contribution in [0.1, 0.15) is 24.8 Å². The van der Waals surface area contributed by atoms with Crippen molar-refractivity contribution in [3.05, 3.63) is 42.5 Å². The Morgan fingerprint density at radius 2 is 2.15 bits per heavy atom. The molecule has 1 aliphatic carbocycles. The number of amides is 1. The van der Waals surface area contributed by atoms with Gasteiger partial charge >= 0.3 is 0 Å². The van der Waals surface area contributed by atoms with Gasteiger partial charge in [-0.2, -0.15) is 0 Å². The topological polar surface area (TPSA) is 84.3 Å². The minimum Gasteiger partial charge on any atom is -0.337 e. The summed E-state index contributed by atoms with van der Waals surface area (Å²) in [5.41, 5.74) is 1.79. The molecular formula is C18H22N4O3S. The van der Waals surface area contributed by atoms with Crippen LogP contribution in [-0.2, 0) is 27.8 Å². The van der Waals surface area contributed by atoms with Crippen molar-refractivity contribution in [1.82, 2.24) is 14.3 Å². The highest BCUT2D eigenvalue weighted by Gasteiger charge is 2.36. The molecule has 8 heteroatoms. The Kier molecular flexibility index (Phi) is 4.54. The van der Waals surface area contributed by atoms with Gasteiger partial charge in [-0.1, -0.05) is 0 Å². The average Bonchev–Trinajstić information content (AvgIpc) is 3.19. The fraction of sp³-hybridized carbons (Fsp3) is 0.444. The van der Waals surface area contributed by atoms with Gasteiger partial charge in [0.1, 0.15) is 0 Å². The molecule has 1 fully saturated rings. The van der Waals surface area contributed by atoms with E-state index in [1.807, 2.05) is 15.7 Å². The summed E-state index contributed by atoms with van der Waals surface area (Å²) in [6.45, 7) is 1.72. The molecule has 0 spiro atoms. The van der Waals surface area contributed by atoms with Gasteiger partial charge in [0.25, 0.3) is 0 Å². The molecule has 0 unspecified atom stereocenters. The number of hydrogen-bond acceptors (Lipinski definition) is 4. The summed E-state index contributed by atoms with van der Waals surface area (Å²) in [5.74, 6) is 0.346. The summed E-state index contributed by atoms with van der Waals surface area (Å²) in [7, 11) is -3.54. The summed E-state index contributed by atoms with van der Waals surface area (Å²) in [6, 6.07) is 5.06. The van der Waals surface area contributed by atoms with Crippen molar-refractivity contribution < 1.29 is 13.2 Å². The molecule has 1 N–H and O–H groups in total. The van der Waals surface area contributed by atoms with Crippen LogP contribution in [0.15, 0.2) is 41.8 Å². The van der Waals surface area contributed by atoms with E-state index in [4.69, 9.17) is 0 Å². The first-order valence-electron chi connectivity index (χ1n) is 8.94. The lowest BCUT2D eigenvalue weighted by molar-refractivity contribution is -0.119. The molecule has 7 nitrogen and oxygen atoms in total. The van der Waals surface area contributed by atoms with Crippen LogP contribution in [0.4, 0.5) is 5.69 Å². The first kappa shape index (κ1) is 17.2. The third kappa shape index (κ3) is 3.52. The third-order valence-corrected chi connectivity index (χ3v) is 6.35. The van der Waals surface area contributed by atoms with Crippen LogP contribution in [-0.4, -0.2) is 37.0 Å². The highest BCUT2D eigenvalue weighted by atomic mass is 32.2. The molecular weight excluding hydrogens is 352 g/mol. The Morgan fingerprint density at radius 1 is 1.31 bits per heavy atom. The number of hydrogen-bond donors (Lipinski definition) is 1. The van der Waals surface area contributed by atoms with Gasteiger partial charge in [-0.3, -0.25) is 4.79 Å². The Bertz CT molecular complexity index is 905. The highest BCUT2D eigenvalue weighted by Crippen LogP contribution is 2.37. The van der Waals surface area contributed by atoms with Gasteiger partial charge in [0.15, 0.2) is 0 Å². The SMILES string of the molecule is O=C(C1CC1)N1CCc2cc(S(=O)(=O)NCCCn3ccnc3)ccc21. The maximum absolute atomic E-state index is 12.5. The highest BCUT2D eigenvalue weighted by molar-refractivity contribution is 7.89. The maximum Gasteiger partial charge on any atom is 0.240 e. The molecule has 138 valence electrons. The molecule has 0 bridgehead atoms. The zero-order valence-corrected chi connectivity index (χ0v) is 15.3. The second-order valence-corrected chi connectivity index (χ2v) is 8.62. The average molecular weight is 374 g/mol. The number of fused-ring (bicyclic) bond motifs is 1. The van der Waals surface area contributed by atoms with E-state index >= 15 is 0 Å². The molecule has 2 heterocycles. The monoisotopic (exact) mass is 374 g/mol. The summed E-state index contributed by atoms with van der Waals surface area (Å²) in [6.07, 6.45) is 8.60. The largest absolute Gasteiger partial charge is 0.337 e. The van der Waals surface area contributed by atoms with E-state index in [2.05, 4.69) is 9.71 Å². The van der Waals surface area contributed by atoms with Gasteiger partial charge in [0, 0.05) is 43.6 Å². The van der Waals surface area contributed by atoms with Crippen molar-refractivity contribution in [2.24, 2.45) is 5.92 Å². The van der Waals surface area contributed by atoms with E-state index in [9.17, 15) is 13.2 Å². The fourth-order valence-corrected chi connectivity index (χ4v) is 4.42. The van der Waals surface area contributed by atoms with E-state index in [1.165, 1.54) is 0 Å². The second-order valence-electron chi connectivity index (χ2n) is 6.86. The molecule has 4 rings (SSSR count). The Labute approximate surface area is 153 Å². The first-order valence-corrected chi connectivity index (χ1v) is 10.4. The fourth-order valence-electron chi connectivity index (χ4n) is 3.30. The van der Waals surface area contributed by atoms with E-state index < -0.39 is 10.0 Å². The molecule has 1 amide bonds. The number of carbonyl (C=O) groups excluding carboxylic acids is 1. The lowest BCUT2D eigenvalue weighted by atomic mass is 10.2. The lowest BCUT2D eigenvalue weighted by Gasteiger charge is -2.17. The van der Waals surface area contributed by atoms with E-state index in [-0.39, 0.29) is 16.7 Å². The Morgan fingerprint density at radius 3 is 2.88 bits per heavy atom. The smallest absolute Gasteiger partial charge is 0.240 e. The summed E-state index contributed by atoms with van der Waals surface area (Å²) >= 11 is 0. The number of nitrogens with zero attached hydrogens (tertiary/aromatic N) is 3. The summed E-state index contributed by atoms with van der Waals surface area (Å²) in [4.78, 5) is 18.3. The van der Waals surface area contributed by atoms with E-state index in [0.29, 0.717) is 32.5 Å². The van der Waals surface area contributed by atoms with Gasteiger partial charge in [-0.15, -0.1) is 0 Å². The molecule has 2 aromatic rings. The number of anilines is 1. The van der Waals surface area contributed by atoms with Crippen molar-refractivity contribution in [1.29, 1.82) is 0 Å². The van der Waals surface area contributed by atoms with Gasteiger partial charge in [0.2, 0.25) is 15.9 Å². The molecule has 1 saturated carbocycles. The number of aromatic nitrogens is 2. The van der Waals surface area contributed by atoms with Crippen LogP contribution >= 0.6 is 0 Å². The predicted molar refractivity (Wildman–Crippen MR) is 97.3 cm³/mol. The molecule has 2 aliphatic rings. The molecule has 0 radical (unpaired) electrons. The number of benzene rings is 1. The number of nitrogens with one attached hydrogen (secondary N) is 1. The van der Waals surface area contributed by atoms with Crippen LogP contribution in [0.25, 0.3) is 0 Å². The lowest BCUT2D eigenvalue weighted by Crippen LogP contribution is -2.30. The summed E-state index contributed by atoms with van der Waals surface area (Å²) < 4.78 is 29.6. The van der Waals surface area contributed by atoms with Crippen LogP contribution in [0.3, 0.4) is 0 Å². The predicted octanol–water partition coefficient (Wildman–Crippen LogP) is 1.55. The zero-order valence-electron chi connectivity index (χ0n) is 14.5. The van der Waals surface area contributed by atoms with Crippen LogP contribution in [0, 0.1) is 5.92 Å². The molecule has 0 atom stereocenters. The Balaban J connectivity index is 1.40. The van der Waals surface area contributed by atoms with E-state index in [0.717, 1.165) is 24.1 Å². The van der Waals surface area contributed by atoms with Crippen molar-refractivity contribution in [2.75, 3.05) is 18.0 Å². The maximum atomic E-state index is 12.5. The number of sulfonamides is 1. The number of rotatable bonds is 7. The van der Waals surface area contributed by atoms with Crippen LogP contribution < -0.4 is 9.62 Å². The van der Waals surface area contributed by atoms with Crippen LogP contribution in [0.2, 0.25) is 0 Å². The molecule has 1 aliphatic heterocycles. The van der Waals surface area contributed by atoms with Gasteiger partial charge in [0.05, 0.1) is 11.2 Å².